The van der Waals surface area contributed by atoms with Crippen molar-refractivity contribution in [3.05, 3.63) is 59.7 Å². The molecule has 0 aliphatic carbocycles. The first-order valence-electron chi connectivity index (χ1n) is 12.0. The molecule has 0 spiro atoms. The highest BCUT2D eigenvalue weighted by molar-refractivity contribution is 7.89. The maximum absolute atomic E-state index is 13.4. The van der Waals surface area contributed by atoms with Crippen LogP contribution in [0.4, 0.5) is 0 Å². The molecule has 2 fully saturated rings. The topological polar surface area (TPSA) is 66.9 Å². The molecule has 0 atom stereocenters. The van der Waals surface area contributed by atoms with E-state index in [0.717, 1.165) is 44.9 Å². The number of sulfonamides is 1. The predicted molar refractivity (Wildman–Crippen MR) is 129 cm³/mol. The molecule has 178 valence electrons. The maximum Gasteiger partial charge on any atom is 0.253 e. The van der Waals surface area contributed by atoms with Crippen LogP contribution in [-0.4, -0.2) is 56.8 Å². The van der Waals surface area contributed by atoms with E-state index in [2.05, 4.69) is 24.3 Å². The van der Waals surface area contributed by atoms with E-state index in [4.69, 9.17) is 4.74 Å². The van der Waals surface area contributed by atoms with Gasteiger partial charge in [0.05, 0.1) is 7.11 Å². The fraction of sp³-hybridized carbons (Fsp3) is 0.500. The van der Waals surface area contributed by atoms with Crippen LogP contribution < -0.4 is 4.74 Å². The Labute approximate surface area is 197 Å². The van der Waals surface area contributed by atoms with E-state index in [1.54, 1.807) is 16.4 Å². The van der Waals surface area contributed by atoms with Crippen LogP contribution in [0, 0.1) is 5.92 Å². The Morgan fingerprint density at radius 2 is 1.61 bits per heavy atom. The summed E-state index contributed by atoms with van der Waals surface area (Å²) in [5.74, 6) is 0.742. The predicted octanol–water partition coefficient (Wildman–Crippen LogP) is 4.35. The van der Waals surface area contributed by atoms with Crippen molar-refractivity contribution in [2.45, 2.75) is 49.8 Å². The quantitative estimate of drug-likeness (QED) is 0.629. The minimum Gasteiger partial charge on any atom is -0.495 e. The summed E-state index contributed by atoms with van der Waals surface area (Å²) in [5, 5.41) is 0. The van der Waals surface area contributed by atoms with E-state index in [-0.39, 0.29) is 16.6 Å². The van der Waals surface area contributed by atoms with E-state index in [0.29, 0.717) is 37.7 Å². The number of nitrogens with zero attached hydrogens (tertiary/aromatic N) is 2. The monoisotopic (exact) mass is 470 g/mol. The molecule has 0 aromatic heterocycles. The zero-order valence-electron chi connectivity index (χ0n) is 19.4. The van der Waals surface area contributed by atoms with E-state index in [9.17, 15) is 13.2 Å². The maximum atomic E-state index is 13.4. The number of likely N-dealkylation sites (tertiary alicyclic amines) is 1. The SMILES string of the molecule is COc1ccc(C(=O)N2CCC(Cc3ccccc3)CC2)cc1S(=O)(=O)N1CCCCCC1. The molecule has 2 saturated heterocycles. The number of methoxy groups -OCH3 is 1. The summed E-state index contributed by atoms with van der Waals surface area (Å²) in [7, 11) is -2.25. The number of hydrogen-bond acceptors (Lipinski definition) is 4. The van der Waals surface area contributed by atoms with Crippen molar-refractivity contribution in [3.8, 4) is 5.75 Å². The Bertz CT molecular complexity index is 1040. The van der Waals surface area contributed by atoms with Gasteiger partial charge in [0, 0.05) is 31.7 Å². The standard InChI is InChI=1S/C26H34N2O4S/c1-32-24-12-11-23(20-25(24)33(30,31)28-15-7-2-3-8-16-28)26(29)27-17-13-22(14-18-27)19-21-9-5-4-6-10-21/h4-6,9-12,20,22H,2-3,7-8,13-19H2,1H3. The molecule has 0 radical (unpaired) electrons. The largest absolute Gasteiger partial charge is 0.495 e. The lowest BCUT2D eigenvalue weighted by Crippen LogP contribution is -2.39. The van der Waals surface area contributed by atoms with Crippen molar-refractivity contribution < 1.29 is 17.9 Å². The fourth-order valence-electron chi connectivity index (χ4n) is 4.90. The van der Waals surface area contributed by atoms with Gasteiger partial charge in [-0.1, -0.05) is 43.2 Å². The number of ether oxygens (including phenoxy) is 1. The first-order valence-corrected chi connectivity index (χ1v) is 13.4. The zero-order chi connectivity index (χ0) is 23.3. The minimum absolute atomic E-state index is 0.0942. The van der Waals surface area contributed by atoms with Crippen molar-refractivity contribution in [1.82, 2.24) is 9.21 Å². The second-order valence-corrected chi connectivity index (χ2v) is 11.0. The lowest BCUT2D eigenvalue weighted by molar-refractivity contribution is 0.0690. The van der Waals surface area contributed by atoms with Gasteiger partial charge in [-0.05, 0) is 61.8 Å². The highest BCUT2D eigenvalue weighted by Crippen LogP contribution is 2.30. The summed E-state index contributed by atoms with van der Waals surface area (Å²) in [6, 6.07) is 15.3. The number of piperidine rings is 1. The molecule has 7 heteroatoms. The molecule has 0 saturated carbocycles. The summed E-state index contributed by atoms with van der Waals surface area (Å²) < 4.78 is 33.7. The molecule has 4 rings (SSSR count). The van der Waals surface area contributed by atoms with Crippen LogP contribution in [0.1, 0.15) is 54.4 Å². The summed E-state index contributed by atoms with van der Waals surface area (Å²) in [4.78, 5) is 15.2. The Balaban J connectivity index is 1.47. The van der Waals surface area contributed by atoms with E-state index in [1.165, 1.54) is 18.7 Å². The molecule has 0 N–H and O–H groups in total. The fourth-order valence-corrected chi connectivity index (χ4v) is 6.60. The van der Waals surface area contributed by atoms with Gasteiger partial charge >= 0.3 is 0 Å². The summed E-state index contributed by atoms with van der Waals surface area (Å²) >= 11 is 0. The Morgan fingerprint density at radius 3 is 2.24 bits per heavy atom. The number of amides is 1. The second kappa shape index (κ2) is 10.7. The Kier molecular flexibility index (Phi) is 7.71. The van der Waals surface area contributed by atoms with Crippen LogP contribution in [0.2, 0.25) is 0 Å². The average molecular weight is 471 g/mol. The van der Waals surface area contributed by atoms with Gasteiger partial charge in [0.2, 0.25) is 10.0 Å². The number of benzene rings is 2. The van der Waals surface area contributed by atoms with Gasteiger partial charge in [0.15, 0.2) is 0 Å². The van der Waals surface area contributed by atoms with E-state index in [1.807, 2.05) is 11.0 Å². The zero-order valence-corrected chi connectivity index (χ0v) is 20.2. The first kappa shape index (κ1) is 23.8. The lowest BCUT2D eigenvalue weighted by atomic mass is 9.90. The highest BCUT2D eigenvalue weighted by Gasteiger charge is 2.30. The molecular weight excluding hydrogens is 436 g/mol. The molecule has 2 heterocycles. The van der Waals surface area contributed by atoms with Gasteiger partial charge in [-0.3, -0.25) is 4.79 Å². The summed E-state index contributed by atoms with van der Waals surface area (Å²) in [6.07, 6.45) is 6.75. The third kappa shape index (κ3) is 5.58. The van der Waals surface area contributed by atoms with Crippen LogP contribution in [0.3, 0.4) is 0 Å². The normalized spacial score (nSPS) is 18.6. The van der Waals surface area contributed by atoms with Crippen LogP contribution in [0.15, 0.2) is 53.4 Å². The second-order valence-electron chi connectivity index (χ2n) is 9.11. The van der Waals surface area contributed by atoms with E-state index >= 15 is 0 Å². The van der Waals surface area contributed by atoms with Gasteiger partial charge in [-0.25, -0.2) is 8.42 Å². The van der Waals surface area contributed by atoms with Crippen LogP contribution in [0.5, 0.6) is 5.75 Å². The third-order valence-corrected chi connectivity index (χ3v) is 8.78. The smallest absolute Gasteiger partial charge is 0.253 e. The third-order valence-electron chi connectivity index (χ3n) is 6.86. The van der Waals surface area contributed by atoms with Crippen molar-refractivity contribution in [2.75, 3.05) is 33.3 Å². The molecule has 33 heavy (non-hydrogen) atoms. The molecule has 2 aliphatic rings. The van der Waals surface area contributed by atoms with Gasteiger partial charge in [0.1, 0.15) is 10.6 Å². The van der Waals surface area contributed by atoms with Gasteiger partial charge < -0.3 is 9.64 Å². The number of hydrogen-bond donors (Lipinski definition) is 0. The Morgan fingerprint density at radius 1 is 0.939 bits per heavy atom. The van der Waals surface area contributed by atoms with E-state index < -0.39 is 10.0 Å². The molecule has 6 nitrogen and oxygen atoms in total. The Hall–Kier alpha value is -2.38. The molecule has 0 bridgehead atoms. The first-order chi connectivity index (χ1) is 16.0. The lowest BCUT2D eigenvalue weighted by Gasteiger charge is -2.32. The molecule has 1 amide bonds. The molecular formula is C26H34N2O4S. The summed E-state index contributed by atoms with van der Waals surface area (Å²) in [5.41, 5.74) is 1.74. The molecule has 2 aliphatic heterocycles. The van der Waals surface area contributed by atoms with Gasteiger partial charge in [-0.15, -0.1) is 0 Å². The summed E-state index contributed by atoms with van der Waals surface area (Å²) in [6.45, 7) is 2.41. The van der Waals surface area contributed by atoms with Crippen LogP contribution in [0.25, 0.3) is 0 Å². The van der Waals surface area contributed by atoms with Gasteiger partial charge in [0.25, 0.3) is 5.91 Å². The minimum atomic E-state index is -3.72. The van der Waals surface area contributed by atoms with Crippen molar-refractivity contribution in [1.29, 1.82) is 0 Å². The van der Waals surface area contributed by atoms with Crippen LogP contribution in [-0.2, 0) is 16.4 Å². The average Bonchev–Trinajstić information content (AvgIpc) is 3.15. The highest BCUT2D eigenvalue weighted by atomic mass is 32.2. The van der Waals surface area contributed by atoms with Crippen LogP contribution >= 0.6 is 0 Å². The molecule has 2 aromatic rings. The molecule has 2 aromatic carbocycles. The van der Waals surface area contributed by atoms with Crippen molar-refractivity contribution >= 4 is 15.9 Å². The molecule has 0 unspecified atom stereocenters. The van der Waals surface area contributed by atoms with Crippen molar-refractivity contribution in [3.63, 3.8) is 0 Å². The number of carbonyl (C=O) groups excluding carboxylic acids is 1. The number of carbonyl (C=O) groups is 1. The van der Waals surface area contributed by atoms with Crippen molar-refractivity contribution in [2.24, 2.45) is 5.92 Å². The number of rotatable bonds is 6. The van der Waals surface area contributed by atoms with Gasteiger partial charge in [-0.2, -0.15) is 4.31 Å².